The van der Waals surface area contributed by atoms with Crippen LogP contribution in [-0.4, -0.2) is 15.0 Å². The Balaban J connectivity index is 2.44. The number of hydrogen-bond acceptors (Lipinski definition) is 2. The highest BCUT2D eigenvalue weighted by Crippen LogP contribution is 2.17. The van der Waals surface area contributed by atoms with Gasteiger partial charge in [-0.1, -0.05) is 51.2 Å². The van der Waals surface area contributed by atoms with Crippen LogP contribution < -0.4 is 4.72 Å². The van der Waals surface area contributed by atoms with Gasteiger partial charge in [-0.25, -0.2) is 13.1 Å². The molecule has 0 unspecified atom stereocenters. The Morgan fingerprint density at radius 3 is 2.35 bits per heavy atom. The molecule has 0 radical (unpaired) electrons. The quantitative estimate of drug-likeness (QED) is 0.702. The number of benzene rings is 1. The minimum absolute atomic E-state index is 0.406. The van der Waals surface area contributed by atoms with Crippen molar-refractivity contribution in [2.45, 2.75) is 64.2 Å². The number of nitrogens with one attached hydrogen (secondary N) is 1. The molecule has 1 aromatic rings. The average Bonchev–Trinajstić information content (AvgIpc) is 2.40. The summed E-state index contributed by atoms with van der Waals surface area (Å²) in [5.41, 5.74) is 1.84. The number of hydrogen-bond donors (Lipinski definition) is 1. The van der Waals surface area contributed by atoms with Gasteiger partial charge in [0, 0.05) is 6.54 Å². The van der Waals surface area contributed by atoms with Crippen LogP contribution in [0.25, 0.3) is 0 Å². The summed E-state index contributed by atoms with van der Waals surface area (Å²) in [5.74, 6) is 0. The molecule has 0 aliphatic rings. The van der Waals surface area contributed by atoms with E-state index in [0.717, 1.165) is 24.0 Å². The van der Waals surface area contributed by atoms with Crippen LogP contribution in [0.2, 0.25) is 0 Å². The van der Waals surface area contributed by atoms with Crippen molar-refractivity contribution < 1.29 is 8.42 Å². The first-order valence-electron chi connectivity index (χ1n) is 7.55. The lowest BCUT2D eigenvalue weighted by Gasteiger charge is -2.10. The summed E-state index contributed by atoms with van der Waals surface area (Å²) in [6.07, 6.45) is 6.95. The summed E-state index contributed by atoms with van der Waals surface area (Å²) in [6.45, 7) is 6.51. The van der Waals surface area contributed by atoms with Gasteiger partial charge in [-0.2, -0.15) is 0 Å². The summed E-state index contributed by atoms with van der Waals surface area (Å²) in [6, 6.07) is 5.40. The first-order chi connectivity index (χ1) is 9.49. The van der Waals surface area contributed by atoms with Crippen molar-refractivity contribution in [3.05, 3.63) is 29.3 Å². The lowest BCUT2D eigenvalue weighted by atomic mass is 10.1. The van der Waals surface area contributed by atoms with E-state index in [-0.39, 0.29) is 0 Å². The summed E-state index contributed by atoms with van der Waals surface area (Å²) >= 11 is 0. The molecule has 0 saturated carbocycles. The largest absolute Gasteiger partial charge is 0.240 e. The number of rotatable bonds is 9. The van der Waals surface area contributed by atoms with Crippen molar-refractivity contribution in [3.63, 3.8) is 0 Å². The summed E-state index contributed by atoms with van der Waals surface area (Å²) in [4.78, 5) is 0.406. The SMILES string of the molecule is CCCCCCCCNS(=O)(=O)c1cccc(C)c1C. The molecule has 0 spiro atoms. The molecule has 0 aliphatic heterocycles. The van der Waals surface area contributed by atoms with E-state index in [2.05, 4.69) is 11.6 Å². The molecule has 1 N–H and O–H groups in total. The molecule has 1 aromatic carbocycles. The minimum atomic E-state index is -3.36. The van der Waals surface area contributed by atoms with E-state index in [1.165, 1.54) is 25.7 Å². The Bertz CT molecular complexity index is 509. The maximum absolute atomic E-state index is 12.2. The van der Waals surface area contributed by atoms with Crippen LogP contribution in [0.4, 0.5) is 0 Å². The molecule has 1 rings (SSSR count). The average molecular weight is 297 g/mol. The van der Waals surface area contributed by atoms with E-state index in [4.69, 9.17) is 0 Å². The second kappa shape index (κ2) is 8.42. The van der Waals surface area contributed by atoms with E-state index in [9.17, 15) is 8.42 Å². The molecule has 0 aromatic heterocycles. The highest BCUT2D eigenvalue weighted by atomic mass is 32.2. The molecule has 0 bridgehead atoms. The first kappa shape index (κ1) is 17.2. The van der Waals surface area contributed by atoms with Gasteiger partial charge in [0.15, 0.2) is 0 Å². The molecular weight excluding hydrogens is 270 g/mol. The van der Waals surface area contributed by atoms with Gasteiger partial charge in [0.05, 0.1) is 4.90 Å². The van der Waals surface area contributed by atoms with Gasteiger partial charge >= 0.3 is 0 Å². The lowest BCUT2D eigenvalue weighted by molar-refractivity contribution is 0.567. The second-order valence-corrected chi connectivity index (χ2v) is 7.10. The second-order valence-electron chi connectivity index (χ2n) is 5.36. The Kier molecular flexibility index (Phi) is 7.24. The predicted octanol–water partition coefficient (Wildman–Crippen LogP) is 3.94. The highest BCUT2D eigenvalue weighted by molar-refractivity contribution is 7.89. The van der Waals surface area contributed by atoms with Crippen molar-refractivity contribution in [1.82, 2.24) is 4.72 Å². The molecule has 0 heterocycles. The van der Waals surface area contributed by atoms with E-state index >= 15 is 0 Å². The zero-order valence-electron chi connectivity index (χ0n) is 12.9. The fraction of sp³-hybridized carbons (Fsp3) is 0.625. The van der Waals surface area contributed by atoms with Gasteiger partial charge < -0.3 is 0 Å². The molecule has 4 heteroatoms. The van der Waals surface area contributed by atoms with Crippen LogP contribution in [0.5, 0.6) is 0 Å². The van der Waals surface area contributed by atoms with Crippen molar-refractivity contribution in [3.8, 4) is 0 Å². The van der Waals surface area contributed by atoms with Crippen LogP contribution in [0.15, 0.2) is 23.1 Å². The van der Waals surface area contributed by atoms with E-state index in [1.807, 2.05) is 19.9 Å². The van der Waals surface area contributed by atoms with Crippen LogP contribution in [0, 0.1) is 13.8 Å². The van der Waals surface area contributed by atoms with E-state index in [0.29, 0.717) is 11.4 Å². The van der Waals surface area contributed by atoms with Gasteiger partial charge in [0.2, 0.25) is 10.0 Å². The van der Waals surface area contributed by atoms with Crippen LogP contribution in [0.3, 0.4) is 0 Å². The van der Waals surface area contributed by atoms with E-state index < -0.39 is 10.0 Å². The molecule has 0 amide bonds. The monoisotopic (exact) mass is 297 g/mol. The van der Waals surface area contributed by atoms with Crippen molar-refractivity contribution in [2.75, 3.05) is 6.54 Å². The molecule has 114 valence electrons. The third-order valence-electron chi connectivity index (χ3n) is 3.67. The lowest BCUT2D eigenvalue weighted by Crippen LogP contribution is -2.25. The predicted molar refractivity (Wildman–Crippen MR) is 84.5 cm³/mol. The Hall–Kier alpha value is -0.870. The molecule has 3 nitrogen and oxygen atoms in total. The van der Waals surface area contributed by atoms with Crippen molar-refractivity contribution in [2.24, 2.45) is 0 Å². The fourth-order valence-electron chi connectivity index (χ4n) is 2.20. The Labute approximate surface area is 123 Å². The third kappa shape index (κ3) is 5.25. The standard InChI is InChI=1S/C16H27NO2S/c1-4-5-6-7-8-9-13-17-20(18,19)16-12-10-11-14(2)15(16)3/h10-12,17H,4-9,13H2,1-3H3. The Morgan fingerprint density at radius 1 is 1.00 bits per heavy atom. The molecule has 0 atom stereocenters. The number of sulfonamides is 1. The fourth-order valence-corrected chi connectivity index (χ4v) is 3.60. The van der Waals surface area contributed by atoms with Crippen molar-refractivity contribution >= 4 is 10.0 Å². The van der Waals surface area contributed by atoms with E-state index in [1.54, 1.807) is 12.1 Å². The molecular formula is C16H27NO2S. The van der Waals surface area contributed by atoms with Crippen LogP contribution in [0.1, 0.15) is 56.6 Å². The maximum Gasteiger partial charge on any atom is 0.240 e. The first-order valence-corrected chi connectivity index (χ1v) is 9.03. The van der Waals surface area contributed by atoms with Gasteiger partial charge in [-0.05, 0) is 37.5 Å². The zero-order chi connectivity index (χ0) is 15.0. The van der Waals surface area contributed by atoms with Crippen LogP contribution in [-0.2, 0) is 10.0 Å². The van der Waals surface area contributed by atoms with Crippen LogP contribution >= 0.6 is 0 Å². The molecule has 20 heavy (non-hydrogen) atoms. The smallest absolute Gasteiger partial charge is 0.211 e. The summed E-state index contributed by atoms with van der Waals surface area (Å²) in [7, 11) is -3.36. The van der Waals surface area contributed by atoms with Gasteiger partial charge in [0.1, 0.15) is 0 Å². The number of unbranched alkanes of at least 4 members (excludes halogenated alkanes) is 5. The number of aryl methyl sites for hydroxylation is 1. The topological polar surface area (TPSA) is 46.2 Å². The van der Waals surface area contributed by atoms with Crippen molar-refractivity contribution in [1.29, 1.82) is 0 Å². The van der Waals surface area contributed by atoms with Gasteiger partial charge in [-0.15, -0.1) is 0 Å². The molecule has 0 saturated heterocycles. The highest BCUT2D eigenvalue weighted by Gasteiger charge is 2.16. The zero-order valence-corrected chi connectivity index (χ0v) is 13.7. The summed E-state index contributed by atoms with van der Waals surface area (Å²) in [5, 5.41) is 0. The maximum atomic E-state index is 12.2. The molecule has 0 aliphatic carbocycles. The van der Waals surface area contributed by atoms with Gasteiger partial charge in [0.25, 0.3) is 0 Å². The summed E-state index contributed by atoms with van der Waals surface area (Å²) < 4.78 is 27.2. The molecule has 0 fully saturated rings. The normalized spacial score (nSPS) is 11.8. The van der Waals surface area contributed by atoms with Gasteiger partial charge in [-0.3, -0.25) is 0 Å². The Morgan fingerprint density at radius 2 is 1.65 bits per heavy atom. The third-order valence-corrected chi connectivity index (χ3v) is 5.27. The minimum Gasteiger partial charge on any atom is -0.211 e.